The number of halogens is 2. The van der Waals surface area contributed by atoms with Gasteiger partial charge in [0, 0.05) is 17.9 Å². The van der Waals surface area contributed by atoms with Crippen LogP contribution in [0.25, 0.3) is 0 Å². The average Bonchev–Trinajstić information content (AvgIpc) is 2.49. The van der Waals surface area contributed by atoms with Crippen LogP contribution < -0.4 is 20.9 Å². The number of aliphatic carboxylic acids is 1. The van der Waals surface area contributed by atoms with E-state index in [2.05, 4.69) is 5.32 Å². The molecule has 0 heterocycles. The normalized spacial score (nSPS) is 11.6. The van der Waals surface area contributed by atoms with E-state index in [1.807, 2.05) is 0 Å². The minimum Gasteiger partial charge on any atom is -0.548 e. The Balaban J connectivity index is 2.34. The summed E-state index contributed by atoms with van der Waals surface area (Å²) >= 11 is 11.7. The number of nitrogens with one attached hydrogen (secondary N) is 1. The molecule has 0 fully saturated rings. The van der Waals surface area contributed by atoms with Crippen LogP contribution in [0, 0.1) is 0 Å². The lowest BCUT2D eigenvalue weighted by Gasteiger charge is -2.19. The molecule has 0 spiro atoms. The van der Waals surface area contributed by atoms with E-state index in [1.54, 1.807) is 12.1 Å². The van der Waals surface area contributed by atoms with Gasteiger partial charge in [0.05, 0.1) is 23.6 Å². The van der Waals surface area contributed by atoms with Gasteiger partial charge in [-0.2, -0.15) is 0 Å². The molecule has 0 unspecified atom stereocenters. The highest BCUT2D eigenvalue weighted by Gasteiger charge is 2.14. The third kappa shape index (κ3) is 7.52. The molecule has 0 aliphatic carbocycles. The molecule has 1 aromatic carbocycles. The average molecular weight is 376 g/mol. The van der Waals surface area contributed by atoms with Crippen molar-refractivity contribution in [3.05, 3.63) is 28.2 Å². The smallest absolute Gasteiger partial charge is 0.220 e. The van der Waals surface area contributed by atoms with E-state index in [4.69, 9.17) is 33.7 Å². The first-order valence-electron chi connectivity index (χ1n) is 7.16. The fraction of sp³-hybridized carbons (Fsp3) is 0.400. The van der Waals surface area contributed by atoms with Crippen LogP contribution in [0.15, 0.2) is 18.2 Å². The zero-order valence-corrected chi connectivity index (χ0v) is 14.2. The first kappa shape index (κ1) is 20.1. The second-order valence-corrected chi connectivity index (χ2v) is 5.81. The van der Waals surface area contributed by atoms with E-state index in [9.17, 15) is 19.5 Å². The van der Waals surface area contributed by atoms with Crippen LogP contribution in [0.1, 0.15) is 25.7 Å². The van der Waals surface area contributed by atoms with Crippen LogP contribution >= 0.6 is 23.2 Å². The number of primary amides is 1. The van der Waals surface area contributed by atoms with Crippen LogP contribution in [0.4, 0.5) is 0 Å². The third-order valence-corrected chi connectivity index (χ3v) is 3.53. The summed E-state index contributed by atoms with van der Waals surface area (Å²) in [7, 11) is 0. The third-order valence-electron chi connectivity index (χ3n) is 3.00. The van der Waals surface area contributed by atoms with E-state index in [1.165, 1.54) is 6.07 Å². The quantitative estimate of drug-likeness (QED) is 0.581. The van der Waals surface area contributed by atoms with Gasteiger partial charge < -0.3 is 25.7 Å². The van der Waals surface area contributed by atoms with E-state index in [0.717, 1.165) is 0 Å². The molecular formula is C15H17Cl2N2O5-. The highest BCUT2D eigenvalue weighted by Crippen LogP contribution is 2.27. The Bertz CT molecular complexity index is 610. The van der Waals surface area contributed by atoms with Gasteiger partial charge in [-0.05, 0) is 31.0 Å². The van der Waals surface area contributed by atoms with Crippen LogP contribution in [-0.2, 0) is 14.4 Å². The lowest BCUT2D eigenvalue weighted by Crippen LogP contribution is -2.48. The van der Waals surface area contributed by atoms with E-state index in [0.29, 0.717) is 22.2 Å². The molecule has 1 aromatic rings. The number of nitrogens with two attached hydrogens (primary N) is 1. The molecule has 24 heavy (non-hydrogen) atoms. The molecule has 0 aliphatic heterocycles. The zero-order valence-electron chi connectivity index (χ0n) is 12.7. The number of hydrogen-bond donors (Lipinski definition) is 2. The number of carbonyl (C=O) groups excluding carboxylic acids is 3. The highest BCUT2D eigenvalue weighted by atomic mass is 35.5. The molecule has 2 amide bonds. The topological polar surface area (TPSA) is 122 Å². The van der Waals surface area contributed by atoms with E-state index < -0.39 is 23.8 Å². The van der Waals surface area contributed by atoms with Gasteiger partial charge in [-0.25, -0.2) is 0 Å². The Morgan fingerprint density at radius 3 is 2.54 bits per heavy atom. The first-order chi connectivity index (χ1) is 11.3. The minimum atomic E-state index is -1.46. The van der Waals surface area contributed by atoms with Gasteiger partial charge in [-0.3, -0.25) is 9.59 Å². The number of ether oxygens (including phenoxy) is 1. The largest absolute Gasteiger partial charge is 0.548 e. The molecule has 0 aromatic heterocycles. The molecule has 0 radical (unpaired) electrons. The fourth-order valence-corrected chi connectivity index (χ4v) is 2.27. The maximum Gasteiger partial charge on any atom is 0.220 e. The summed E-state index contributed by atoms with van der Waals surface area (Å²) in [4.78, 5) is 33.3. The van der Waals surface area contributed by atoms with Crippen molar-refractivity contribution in [1.29, 1.82) is 0 Å². The number of carbonyl (C=O) groups is 3. The molecule has 0 bridgehead atoms. The SMILES string of the molecule is NC(=O)CC[C@H](NC(=O)CCCOc1ccc(Cl)cc1Cl)C(=O)[O-]. The van der Waals surface area contributed by atoms with Crippen LogP contribution in [0.5, 0.6) is 5.75 Å². The van der Waals surface area contributed by atoms with Crippen molar-refractivity contribution in [3.8, 4) is 5.75 Å². The molecule has 0 saturated heterocycles. The zero-order chi connectivity index (χ0) is 18.1. The minimum absolute atomic E-state index is 0.0472. The lowest BCUT2D eigenvalue weighted by atomic mass is 10.1. The second kappa shape index (κ2) is 10.00. The molecule has 7 nitrogen and oxygen atoms in total. The number of rotatable bonds is 10. The maximum atomic E-state index is 11.7. The van der Waals surface area contributed by atoms with Gasteiger partial charge in [0.2, 0.25) is 11.8 Å². The highest BCUT2D eigenvalue weighted by molar-refractivity contribution is 6.35. The Hall–Kier alpha value is -1.99. The van der Waals surface area contributed by atoms with E-state index in [-0.39, 0.29) is 25.9 Å². The number of hydrogen-bond acceptors (Lipinski definition) is 5. The number of carboxylic acids is 1. The van der Waals surface area contributed by atoms with Crippen molar-refractivity contribution in [1.82, 2.24) is 5.32 Å². The first-order valence-corrected chi connectivity index (χ1v) is 7.91. The monoisotopic (exact) mass is 375 g/mol. The predicted molar refractivity (Wildman–Crippen MR) is 86.6 cm³/mol. The number of carboxylic acid groups (broad SMARTS) is 1. The number of amides is 2. The van der Waals surface area contributed by atoms with Crippen molar-refractivity contribution in [2.24, 2.45) is 5.73 Å². The van der Waals surface area contributed by atoms with Gasteiger partial charge in [0.25, 0.3) is 0 Å². The van der Waals surface area contributed by atoms with Crippen molar-refractivity contribution in [2.75, 3.05) is 6.61 Å². The Morgan fingerprint density at radius 2 is 1.96 bits per heavy atom. The summed E-state index contributed by atoms with van der Waals surface area (Å²) in [5, 5.41) is 14.0. The summed E-state index contributed by atoms with van der Waals surface area (Å²) in [5.74, 6) is -2.16. The lowest BCUT2D eigenvalue weighted by molar-refractivity contribution is -0.308. The Labute approximate surface area is 149 Å². The van der Waals surface area contributed by atoms with Crippen LogP contribution in [0.2, 0.25) is 10.0 Å². The van der Waals surface area contributed by atoms with Gasteiger partial charge in [0.15, 0.2) is 0 Å². The van der Waals surface area contributed by atoms with Crippen molar-refractivity contribution in [3.63, 3.8) is 0 Å². The molecule has 132 valence electrons. The second-order valence-electron chi connectivity index (χ2n) is 4.97. The Kier molecular flexibility index (Phi) is 8.35. The predicted octanol–water partition coefficient (Wildman–Crippen LogP) is 0.653. The standard InChI is InChI=1S/C15H18Cl2N2O5/c16-9-3-5-12(10(17)8-9)24-7-1-2-14(21)19-11(15(22)23)4-6-13(18)20/h3,5,8,11H,1-2,4,6-7H2,(H2,18,20)(H,19,21)(H,22,23)/p-1/t11-/m0/s1. The van der Waals surface area contributed by atoms with Gasteiger partial charge in [-0.1, -0.05) is 23.2 Å². The van der Waals surface area contributed by atoms with Crippen molar-refractivity contribution in [2.45, 2.75) is 31.7 Å². The summed E-state index contributed by atoms with van der Waals surface area (Å²) < 4.78 is 5.41. The van der Waals surface area contributed by atoms with Gasteiger partial charge >= 0.3 is 0 Å². The fourth-order valence-electron chi connectivity index (χ4n) is 1.81. The van der Waals surface area contributed by atoms with Gasteiger partial charge in [-0.15, -0.1) is 0 Å². The summed E-state index contributed by atoms with van der Waals surface area (Å²) in [6, 6.07) is 3.52. The van der Waals surface area contributed by atoms with Crippen molar-refractivity contribution < 1.29 is 24.2 Å². The molecule has 9 heteroatoms. The van der Waals surface area contributed by atoms with E-state index >= 15 is 0 Å². The summed E-state index contributed by atoms with van der Waals surface area (Å²) in [6.07, 6.45) is 0.128. The Morgan fingerprint density at radius 1 is 1.25 bits per heavy atom. The number of benzene rings is 1. The molecule has 0 aliphatic rings. The molecular weight excluding hydrogens is 359 g/mol. The molecule has 0 saturated carbocycles. The molecule has 3 N–H and O–H groups in total. The van der Waals surface area contributed by atoms with Gasteiger partial charge in [0.1, 0.15) is 5.75 Å². The molecule has 1 atom stereocenters. The van der Waals surface area contributed by atoms with Crippen LogP contribution in [-0.4, -0.2) is 30.4 Å². The summed E-state index contributed by atoms with van der Waals surface area (Å²) in [5.41, 5.74) is 4.95. The maximum absolute atomic E-state index is 11.7. The van der Waals surface area contributed by atoms with Crippen molar-refractivity contribution >= 4 is 41.0 Å². The molecule has 1 rings (SSSR count). The summed E-state index contributed by atoms with van der Waals surface area (Å²) in [6.45, 7) is 0.214. The van der Waals surface area contributed by atoms with Crippen LogP contribution in [0.3, 0.4) is 0 Å².